The van der Waals surface area contributed by atoms with E-state index < -0.39 is 10.0 Å². The number of nitrogens with zero attached hydrogens (tertiary/aromatic N) is 2. The zero-order valence-corrected chi connectivity index (χ0v) is 13.9. The first kappa shape index (κ1) is 15.9. The van der Waals surface area contributed by atoms with E-state index in [1.807, 2.05) is 36.6 Å². The monoisotopic (exact) mass is 326 g/mol. The van der Waals surface area contributed by atoms with E-state index in [1.54, 1.807) is 31.4 Å². The molecule has 0 aliphatic carbocycles. The highest BCUT2D eigenvalue weighted by atomic mass is 35.5. The van der Waals surface area contributed by atoms with Crippen LogP contribution in [0.15, 0.2) is 47.5 Å². The highest BCUT2D eigenvalue weighted by Crippen LogP contribution is 2.25. The van der Waals surface area contributed by atoms with Crippen molar-refractivity contribution in [2.45, 2.75) is 30.7 Å². The largest absolute Gasteiger partial charge is 0.346 e. The van der Waals surface area contributed by atoms with Crippen molar-refractivity contribution in [3.63, 3.8) is 0 Å². The number of aromatic nitrogens is 1. The standard InChI is InChI=1S/C15H19ClN2O2S/c1-12(2)18-11-15(9-14(18)10-16)21(19,20)17(3)13-7-5-4-6-8-13/h4-9,11-12H,10H2,1-3H3. The Bertz CT molecular complexity index is 709. The normalized spacial score (nSPS) is 11.9. The predicted octanol–water partition coefficient (Wildman–Crippen LogP) is 3.63. The van der Waals surface area contributed by atoms with Crippen LogP contribution in [0, 0.1) is 0 Å². The fraction of sp³-hybridized carbons (Fsp3) is 0.333. The van der Waals surface area contributed by atoms with Crippen LogP contribution in [0.5, 0.6) is 0 Å². The summed E-state index contributed by atoms with van der Waals surface area (Å²) in [6.45, 7) is 3.99. The molecule has 6 heteroatoms. The summed E-state index contributed by atoms with van der Waals surface area (Å²) in [6.07, 6.45) is 1.65. The van der Waals surface area contributed by atoms with Gasteiger partial charge >= 0.3 is 0 Å². The van der Waals surface area contributed by atoms with Gasteiger partial charge in [0.05, 0.1) is 11.6 Å². The van der Waals surface area contributed by atoms with Gasteiger partial charge < -0.3 is 4.57 Å². The summed E-state index contributed by atoms with van der Waals surface area (Å²) < 4.78 is 28.6. The van der Waals surface area contributed by atoms with Gasteiger partial charge in [-0.15, -0.1) is 11.6 Å². The van der Waals surface area contributed by atoms with Gasteiger partial charge in [0.1, 0.15) is 4.90 Å². The maximum atomic E-state index is 12.7. The number of hydrogen-bond acceptors (Lipinski definition) is 2. The molecule has 0 spiro atoms. The molecule has 2 rings (SSSR count). The smallest absolute Gasteiger partial charge is 0.265 e. The van der Waals surface area contributed by atoms with Gasteiger partial charge in [0, 0.05) is 25.0 Å². The van der Waals surface area contributed by atoms with Crippen molar-refractivity contribution in [3.05, 3.63) is 48.3 Å². The molecule has 0 aliphatic heterocycles. The van der Waals surface area contributed by atoms with E-state index in [1.165, 1.54) is 4.31 Å². The van der Waals surface area contributed by atoms with Crippen LogP contribution in [-0.2, 0) is 15.9 Å². The van der Waals surface area contributed by atoms with Gasteiger partial charge in [-0.1, -0.05) is 18.2 Å². The summed E-state index contributed by atoms with van der Waals surface area (Å²) in [6, 6.07) is 10.8. The Morgan fingerprint density at radius 1 is 1.24 bits per heavy atom. The molecular formula is C15H19ClN2O2S. The average molecular weight is 327 g/mol. The van der Waals surface area contributed by atoms with Crippen molar-refractivity contribution in [2.75, 3.05) is 11.4 Å². The zero-order chi connectivity index (χ0) is 15.6. The molecule has 0 N–H and O–H groups in total. The molecule has 0 atom stereocenters. The van der Waals surface area contributed by atoms with Crippen LogP contribution in [0.4, 0.5) is 5.69 Å². The first-order valence-corrected chi connectivity index (χ1v) is 8.66. The lowest BCUT2D eigenvalue weighted by Crippen LogP contribution is -2.26. The molecule has 0 amide bonds. The number of halogens is 1. The van der Waals surface area contributed by atoms with Crippen LogP contribution in [0.1, 0.15) is 25.6 Å². The lowest BCUT2D eigenvalue weighted by Gasteiger charge is -2.18. The molecule has 114 valence electrons. The van der Waals surface area contributed by atoms with Gasteiger partial charge in [0.15, 0.2) is 0 Å². The number of anilines is 1. The maximum Gasteiger partial charge on any atom is 0.265 e. The van der Waals surface area contributed by atoms with Crippen LogP contribution in [0.3, 0.4) is 0 Å². The van der Waals surface area contributed by atoms with E-state index in [4.69, 9.17) is 11.6 Å². The van der Waals surface area contributed by atoms with E-state index in [0.29, 0.717) is 5.69 Å². The highest BCUT2D eigenvalue weighted by Gasteiger charge is 2.24. The Hall–Kier alpha value is -1.46. The third-order valence-corrected chi connectivity index (χ3v) is 5.40. The summed E-state index contributed by atoms with van der Waals surface area (Å²) >= 11 is 5.91. The fourth-order valence-electron chi connectivity index (χ4n) is 2.16. The molecule has 4 nitrogen and oxygen atoms in total. The molecular weight excluding hydrogens is 308 g/mol. The van der Waals surface area contributed by atoms with Crippen LogP contribution in [0.25, 0.3) is 0 Å². The molecule has 1 aromatic carbocycles. The van der Waals surface area contributed by atoms with E-state index in [-0.39, 0.29) is 16.8 Å². The van der Waals surface area contributed by atoms with Crippen molar-refractivity contribution in [2.24, 2.45) is 0 Å². The first-order chi connectivity index (χ1) is 9.87. The molecule has 0 unspecified atom stereocenters. The van der Waals surface area contributed by atoms with Gasteiger partial charge in [-0.2, -0.15) is 0 Å². The molecule has 0 radical (unpaired) electrons. The molecule has 0 aliphatic rings. The van der Waals surface area contributed by atoms with Gasteiger partial charge in [0.2, 0.25) is 0 Å². The van der Waals surface area contributed by atoms with Crippen LogP contribution < -0.4 is 4.31 Å². The van der Waals surface area contributed by atoms with Crippen LogP contribution in [-0.4, -0.2) is 20.0 Å². The number of benzene rings is 1. The molecule has 21 heavy (non-hydrogen) atoms. The highest BCUT2D eigenvalue weighted by molar-refractivity contribution is 7.92. The summed E-state index contributed by atoms with van der Waals surface area (Å²) in [4.78, 5) is 0.262. The van der Waals surface area contributed by atoms with Gasteiger partial charge in [-0.25, -0.2) is 8.42 Å². The lowest BCUT2D eigenvalue weighted by molar-refractivity contribution is 0.579. The first-order valence-electron chi connectivity index (χ1n) is 6.68. The van der Waals surface area contributed by atoms with Gasteiger partial charge in [-0.3, -0.25) is 4.31 Å². The molecule has 0 saturated carbocycles. The van der Waals surface area contributed by atoms with Crippen molar-refractivity contribution >= 4 is 27.3 Å². The second-order valence-corrected chi connectivity index (χ2v) is 7.35. The fourth-order valence-corrected chi connectivity index (χ4v) is 3.62. The predicted molar refractivity (Wildman–Crippen MR) is 86.4 cm³/mol. The van der Waals surface area contributed by atoms with Crippen molar-refractivity contribution < 1.29 is 8.42 Å². The minimum atomic E-state index is -3.58. The number of para-hydroxylation sites is 1. The Kier molecular flexibility index (Phi) is 4.64. The Labute approximate surface area is 131 Å². The summed E-state index contributed by atoms with van der Waals surface area (Å²) in [7, 11) is -2.03. The van der Waals surface area contributed by atoms with Gasteiger partial charge in [-0.05, 0) is 32.0 Å². The summed E-state index contributed by atoms with van der Waals surface area (Å²) in [5.41, 5.74) is 1.42. The Balaban J connectivity index is 2.45. The van der Waals surface area contributed by atoms with Crippen LogP contribution >= 0.6 is 11.6 Å². The quantitative estimate of drug-likeness (QED) is 0.787. The topological polar surface area (TPSA) is 42.3 Å². The second-order valence-electron chi connectivity index (χ2n) is 5.11. The number of sulfonamides is 1. The number of hydrogen-bond donors (Lipinski definition) is 0. The lowest BCUT2D eigenvalue weighted by atomic mass is 10.3. The van der Waals surface area contributed by atoms with Crippen molar-refractivity contribution in [3.8, 4) is 0 Å². The van der Waals surface area contributed by atoms with E-state index in [9.17, 15) is 8.42 Å². The molecule has 0 bridgehead atoms. The minimum absolute atomic E-state index is 0.157. The van der Waals surface area contributed by atoms with Crippen LogP contribution in [0.2, 0.25) is 0 Å². The SMILES string of the molecule is CC(C)n1cc(S(=O)(=O)N(C)c2ccccc2)cc1CCl. The van der Waals surface area contributed by atoms with Gasteiger partial charge in [0.25, 0.3) is 10.0 Å². The Morgan fingerprint density at radius 3 is 2.33 bits per heavy atom. The van der Waals surface area contributed by atoms with E-state index in [0.717, 1.165) is 5.69 Å². The third-order valence-electron chi connectivity index (χ3n) is 3.38. The minimum Gasteiger partial charge on any atom is -0.346 e. The van der Waals surface area contributed by atoms with E-state index >= 15 is 0 Å². The second kappa shape index (κ2) is 6.12. The molecule has 1 heterocycles. The van der Waals surface area contributed by atoms with Crippen molar-refractivity contribution in [1.29, 1.82) is 0 Å². The summed E-state index contributed by atoms with van der Waals surface area (Å²) in [5.74, 6) is 0.281. The third kappa shape index (κ3) is 3.09. The van der Waals surface area contributed by atoms with Crippen molar-refractivity contribution in [1.82, 2.24) is 4.57 Å². The maximum absolute atomic E-state index is 12.7. The Morgan fingerprint density at radius 2 is 1.86 bits per heavy atom. The summed E-state index contributed by atoms with van der Waals surface area (Å²) in [5, 5.41) is 0. The molecule has 0 saturated heterocycles. The van der Waals surface area contributed by atoms with E-state index in [2.05, 4.69) is 0 Å². The molecule has 0 fully saturated rings. The zero-order valence-electron chi connectivity index (χ0n) is 12.3. The molecule has 1 aromatic heterocycles. The number of alkyl halides is 1. The molecule has 2 aromatic rings. The average Bonchev–Trinajstić information content (AvgIpc) is 2.92. The number of rotatable bonds is 5.